The number of hydrogen-bond acceptors (Lipinski definition) is 3. The molecule has 0 aliphatic heterocycles. The first kappa shape index (κ1) is 13.9. The minimum Gasteiger partial charge on any atom is -0.486 e. The van der Waals surface area contributed by atoms with Crippen LogP contribution in [0.1, 0.15) is 22.3 Å². The van der Waals surface area contributed by atoms with E-state index in [0.29, 0.717) is 22.6 Å². The van der Waals surface area contributed by atoms with Crippen LogP contribution in [0.4, 0.5) is 10.1 Å². The van der Waals surface area contributed by atoms with Crippen molar-refractivity contribution in [2.45, 2.75) is 20.5 Å². The fourth-order valence-corrected chi connectivity index (χ4v) is 2.13. The molecule has 0 aromatic heterocycles. The highest BCUT2D eigenvalue weighted by Gasteiger charge is 2.09. The number of rotatable bonds is 3. The summed E-state index contributed by atoms with van der Waals surface area (Å²) in [6.45, 7) is 3.96. The third kappa shape index (κ3) is 2.89. The van der Waals surface area contributed by atoms with Gasteiger partial charge in [-0.25, -0.2) is 4.39 Å². The van der Waals surface area contributed by atoms with Gasteiger partial charge >= 0.3 is 0 Å². The molecular weight excluding hydrogens is 255 g/mol. The van der Waals surface area contributed by atoms with Crippen LogP contribution in [0, 0.1) is 31.0 Å². The molecular formula is C16H15FN2O. The molecule has 0 saturated carbocycles. The molecule has 20 heavy (non-hydrogen) atoms. The zero-order valence-corrected chi connectivity index (χ0v) is 11.4. The number of benzene rings is 2. The Kier molecular flexibility index (Phi) is 3.90. The first-order valence-electron chi connectivity index (χ1n) is 6.19. The molecule has 0 spiro atoms. The summed E-state index contributed by atoms with van der Waals surface area (Å²) in [6.07, 6.45) is 0. The molecule has 0 heterocycles. The van der Waals surface area contributed by atoms with Gasteiger partial charge in [-0.1, -0.05) is 6.07 Å². The van der Waals surface area contributed by atoms with Gasteiger partial charge in [-0.15, -0.1) is 0 Å². The molecule has 2 aromatic carbocycles. The van der Waals surface area contributed by atoms with Gasteiger partial charge in [-0.2, -0.15) is 5.26 Å². The minimum absolute atomic E-state index is 0.106. The Bertz CT molecular complexity index is 666. The molecule has 3 nitrogen and oxygen atoms in total. The van der Waals surface area contributed by atoms with E-state index in [2.05, 4.69) is 0 Å². The summed E-state index contributed by atoms with van der Waals surface area (Å²) in [5, 5.41) is 9.00. The van der Waals surface area contributed by atoms with Crippen molar-refractivity contribution in [3.8, 4) is 11.8 Å². The maximum Gasteiger partial charge on any atom is 0.145 e. The van der Waals surface area contributed by atoms with E-state index in [1.165, 1.54) is 18.2 Å². The van der Waals surface area contributed by atoms with E-state index in [1.54, 1.807) is 0 Å². The van der Waals surface area contributed by atoms with Crippen molar-refractivity contribution < 1.29 is 9.13 Å². The van der Waals surface area contributed by atoms with Gasteiger partial charge in [-0.3, -0.25) is 0 Å². The second-order valence-corrected chi connectivity index (χ2v) is 4.70. The van der Waals surface area contributed by atoms with E-state index in [-0.39, 0.29) is 6.61 Å². The lowest BCUT2D eigenvalue weighted by Crippen LogP contribution is -2.03. The van der Waals surface area contributed by atoms with Crippen molar-refractivity contribution in [3.63, 3.8) is 0 Å². The van der Waals surface area contributed by atoms with Gasteiger partial charge in [0.15, 0.2) is 0 Å². The smallest absolute Gasteiger partial charge is 0.145 e. The number of anilines is 1. The van der Waals surface area contributed by atoms with Crippen molar-refractivity contribution in [1.29, 1.82) is 5.26 Å². The van der Waals surface area contributed by atoms with E-state index in [4.69, 9.17) is 15.7 Å². The number of aryl methyl sites for hydroxylation is 2. The predicted octanol–water partition coefficient (Wildman–Crippen LogP) is 3.48. The summed E-state index contributed by atoms with van der Waals surface area (Å²) < 4.78 is 18.9. The maximum atomic E-state index is 13.2. The molecule has 102 valence electrons. The van der Waals surface area contributed by atoms with Crippen molar-refractivity contribution in [1.82, 2.24) is 0 Å². The summed E-state index contributed by atoms with van der Waals surface area (Å²) in [5.41, 5.74) is 9.33. The van der Waals surface area contributed by atoms with E-state index in [9.17, 15) is 4.39 Å². The van der Waals surface area contributed by atoms with Gasteiger partial charge in [0.1, 0.15) is 18.2 Å². The summed E-state index contributed by atoms with van der Waals surface area (Å²) >= 11 is 0. The molecule has 0 fully saturated rings. The number of hydrogen-bond donors (Lipinski definition) is 1. The Labute approximate surface area is 117 Å². The van der Waals surface area contributed by atoms with Crippen LogP contribution in [0.25, 0.3) is 0 Å². The molecule has 0 bridgehead atoms. The second kappa shape index (κ2) is 5.62. The molecule has 4 heteroatoms. The number of nitrogens with two attached hydrogens (primary N) is 1. The lowest BCUT2D eigenvalue weighted by molar-refractivity contribution is 0.305. The molecule has 0 unspecified atom stereocenters. The normalized spacial score (nSPS) is 10.1. The lowest BCUT2D eigenvalue weighted by atomic mass is 10.1. The Morgan fingerprint density at radius 1 is 1.25 bits per heavy atom. The number of ether oxygens (including phenoxy) is 1. The minimum atomic E-state index is -0.392. The quantitative estimate of drug-likeness (QED) is 0.869. The third-order valence-corrected chi connectivity index (χ3v) is 3.01. The third-order valence-electron chi connectivity index (χ3n) is 3.01. The number of nitrogens with zero attached hydrogens (tertiary/aromatic N) is 1. The molecule has 2 N–H and O–H groups in total. The molecule has 0 amide bonds. The van der Waals surface area contributed by atoms with Crippen LogP contribution in [0.2, 0.25) is 0 Å². The van der Waals surface area contributed by atoms with Crippen LogP contribution < -0.4 is 10.5 Å². The van der Waals surface area contributed by atoms with Crippen molar-refractivity contribution in [3.05, 3.63) is 58.4 Å². The zero-order valence-electron chi connectivity index (χ0n) is 11.4. The molecule has 0 aliphatic rings. The Morgan fingerprint density at radius 3 is 2.65 bits per heavy atom. The van der Waals surface area contributed by atoms with Crippen molar-refractivity contribution >= 4 is 5.69 Å². The molecule has 0 aliphatic carbocycles. The fourth-order valence-electron chi connectivity index (χ4n) is 2.13. The van der Waals surface area contributed by atoms with Crippen LogP contribution in [0.3, 0.4) is 0 Å². The number of halogens is 1. The largest absolute Gasteiger partial charge is 0.486 e. The average molecular weight is 270 g/mol. The van der Waals surface area contributed by atoms with Crippen LogP contribution in [0.5, 0.6) is 5.75 Å². The predicted molar refractivity (Wildman–Crippen MR) is 75.8 cm³/mol. The van der Waals surface area contributed by atoms with Gasteiger partial charge in [-0.05, 0) is 49.2 Å². The molecule has 0 saturated heterocycles. The van der Waals surface area contributed by atoms with E-state index >= 15 is 0 Å². The highest BCUT2D eigenvalue weighted by molar-refractivity contribution is 5.58. The summed E-state index contributed by atoms with van der Waals surface area (Å²) in [7, 11) is 0. The van der Waals surface area contributed by atoms with Gasteiger partial charge < -0.3 is 10.5 Å². The number of nitriles is 1. The Hall–Kier alpha value is -2.54. The average Bonchev–Trinajstić information content (AvgIpc) is 2.37. The van der Waals surface area contributed by atoms with Crippen LogP contribution in [-0.2, 0) is 6.61 Å². The highest BCUT2D eigenvalue weighted by atomic mass is 19.1. The molecule has 0 atom stereocenters. The standard InChI is InChI=1S/C16H15FN2O/c1-10-5-11(2)16(15(19)6-10)20-9-13-7-14(17)4-3-12(13)8-18/h3-7H,9,19H2,1-2H3. The maximum absolute atomic E-state index is 13.2. The van der Waals surface area contributed by atoms with Gasteiger partial charge in [0, 0.05) is 5.56 Å². The topological polar surface area (TPSA) is 59.0 Å². The lowest BCUT2D eigenvalue weighted by Gasteiger charge is -2.13. The van der Waals surface area contributed by atoms with Crippen LogP contribution in [-0.4, -0.2) is 0 Å². The second-order valence-electron chi connectivity index (χ2n) is 4.70. The van der Waals surface area contributed by atoms with Gasteiger partial charge in [0.2, 0.25) is 0 Å². The Morgan fingerprint density at radius 2 is 2.00 bits per heavy atom. The van der Waals surface area contributed by atoms with Crippen molar-refractivity contribution in [2.24, 2.45) is 0 Å². The Balaban J connectivity index is 2.26. The monoisotopic (exact) mass is 270 g/mol. The zero-order chi connectivity index (χ0) is 14.7. The summed E-state index contributed by atoms with van der Waals surface area (Å²) in [4.78, 5) is 0. The SMILES string of the molecule is Cc1cc(C)c(OCc2cc(F)ccc2C#N)c(N)c1. The van der Waals surface area contributed by atoms with Crippen molar-refractivity contribution in [2.75, 3.05) is 5.73 Å². The molecule has 2 aromatic rings. The summed E-state index contributed by atoms with van der Waals surface area (Å²) in [6, 6.07) is 9.80. The van der Waals surface area contributed by atoms with Crippen LogP contribution in [0.15, 0.2) is 30.3 Å². The van der Waals surface area contributed by atoms with Crippen LogP contribution >= 0.6 is 0 Å². The van der Waals surface area contributed by atoms with Gasteiger partial charge in [0.25, 0.3) is 0 Å². The van der Waals surface area contributed by atoms with E-state index < -0.39 is 5.82 Å². The first-order valence-corrected chi connectivity index (χ1v) is 6.19. The fraction of sp³-hybridized carbons (Fsp3) is 0.188. The number of nitrogen functional groups attached to an aromatic ring is 1. The highest BCUT2D eigenvalue weighted by Crippen LogP contribution is 2.28. The van der Waals surface area contributed by atoms with E-state index in [0.717, 1.165) is 11.1 Å². The molecule has 0 radical (unpaired) electrons. The first-order chi connectivity index (χ1) is 9.51. The van der Waals surface area contributed by atoms with E-state index in [1.807, 2.05) is 32.0 Å². The summed E-state index contributed by atoms with van der Waals surface area (Å²) in [5.74, 6) is 0.181. The van der Waals surface area contributed by atoms with Gasteiger partial charge in [0.05, 0.1) is 17.3 Å². The molecule has 2 rings (SSSR count).